The van der Waals surface area contributed by atoms with Crippen molar-refractivity contribution in [2.24, 2.45) is 0 Å². The molecule has 0 fully saturated rings. The molecule has 0 aliphatic heterocycles. The average molecular weight is 229 g/mol. The summed E-state index contributed by atoms with van der Waals surface area (Å²) >= 11 is 0. The van der Waals surface area contributed by atoms with Gasteiger partial charge >= 0.3 is 0 Å². The molecule has 88 valence electrons. The van der Waals surface area contributed by atoms with Crippen molar-refractivity contribution in [3.8, 4) is 0 Å². The third kappa shape index (κ3) is 3.04. The van der Waals surface area contributed by atoms with E-state index in [1.165, 1.54) is 0 Å². The maximum absolute atomic E-state index is 4.34. The van der Waals surface area contributed by atoms with Crippen LogP contribution in [-0.4, -0.2) is 26.7 Å². The second-order valence-corrected chi connectivity index (χ2v) is 3.69. The monoisotopic (exact) mass is 229 g/mol. The molecule has 1 N–H and O–H groups in total. The van der Waals surface area contributed by atoms with E-state index < -0.39 is 0 Å². The van der Waals surface area contributed by atoms with E-state index in [0.717, 1.165) is 24.2 Å². The van der Waals surface area contributed by atoms with Crippen LogP contribution in [0.1, 0.15) is 30.6 Å². The highest BCUT2D eigenvalue weighted by atomic mass is 15.1. The highest BCUT2D eigenvalue weighted by molar-refractivity contribution is 5.22. The van der Waals surface area contributed by atoms with Crippen LogP contribution in [0.2, 0.25) is 0 Å². The predicted octanol–water partition coefficient (Wildman–Crippen LogP) is 1.36. The second kappa shape index (κ2) is 6.00. The summed E-state index contributed by atoms with van der Waals surface area (Å²) in [4.78, 5) is 8.44. The fourth-order valence-electron chi connectivity index (χ4n) is 1.61. The molecule has 0 aromatic carbocycles. The van der Waals surface area contributed by atoms with Gasteiger partial charge in [0.2, 0.25) is 0 Å². The molecule has 0 radical (unpaired) electrons. The van der Waals surface area contributed by atoms with Crippen molar-refractivity contribution in [2.45, 2.75) is 19.4 Å². The molecule has 1 unspecified atom stereocenters. The zero-order valence-electron chi connectivity index (χ0n) is 9.74. The first-order valence-corrected chi connectivity index (χ1v) is 5.67. The lowest BCUT2D eigenvalue weighted by Crippen LogP contribution is -2.24. The van der Waals surface area contributed by atoms with Gasteiger partial charge < -0.3 is 5.32 Å². The van der Waals surface area contributed by atoms with E-state index in [1.807, 2.05) is 6.07 Å². The van der Waals surface area contributed by atoms with Crippen LogP contribution >= 0.6 is 0 Å². The molecule has 2 aromatic heterocycles. The lowest BCUT2D eigenvalue weighted by Gasteiger charge is -2.17. The fraction of sp³-hybridized carbons (Fsp3) is 0.333. The molecule has 0 aliphatic rings. The standard InChI is InChI=1S/C12H15N5/c1-2-4-15-12(10-3-5-16-17-8-10)11-9-13-6-7-14-11/h3,5-9,12,15H,2,4H2,1H3. The summed E-state index contributed by atoms with van der Waals surface area (Å²) in [6.45, 7) is 3.05. The minimum atomic E-state index is 0.0270. The largest absolute Gasteiger partial charge is 0.305 e. The first-order valence-electron chi connectivity index (χ1n) is 5.67. The molecule has 0 aliphatic carbocycles. The molecule has 5 heteroatoms. The number of aromatic nitrogens is 4. The van der Waals surface area contributed by atoms with Gasteiger partial charge in [-0.1, -0.05) is 6.92 Å². The summed E-state index contributed by atoms with van der Waals surface area (Å²) in [6.07, 6.45) is 9.65. The third-order valence-electron chi connectivity index (χ3n) is 2.42. The Hall–Kier alpha value is -1.88. The molecule has 5 nitrogen and oxygen atoms in total. The van der Waals surface area contributed by atoms with Gasteiger partial charge in [-0.3, -0.25) is 9.97 Å². The maximum atomic E-state index is 4.34. The van der Waals surface area contributed by atoms with E-state index in [4.69, 9.17) is 0 Å². The summed E-state index contributed by atoms with van der Waals surface area (Å²) in [7, 11) is 0. The Labute approximate surface area is 100 Å². The molecule has 17 heavy (non-hydrogen) atoms. The van der Waals surface area contributed by atoms with Crippen LogP contribution in [0.15, 0.2) is 37.1 Å². The predicted molar refractivity (Wildman–Crippen MR) is 64.2 cm³/mol. The molecule has 0 spiro atoms. The molecule has 2 rings (SSSR count). The quantitative estimate of drug-likeness (QED) is 0.838. The first kappa shape index (κ1) is 11.6. The number of rotatable bonds is 5. The zero-order valence-corrected chi connectivity index (χ0v) is 9.74. The number of hydrogen-bond donors (Lipinski definition) is 1. The lowest BCUT2D eigenvalue weighted by atomic mass is 10.1. The summed E-state index contributed by atoms with van der Waals surface area (Å²) < 4.78 is 0. The van der Waals surface area contributed by atoms with Crippen molar-refractivity contribution in [3.05, 3.63) is 48.3 Å². The van der Waals surface area contributed by atoms with E-state index >= 15 is 0 Å². The Balaban J connectivity index is 2.26. The Morgan fingerprint density at radius 2 is 2.12 bits per heavy atom. The second-order valence-electron chi connectivity index (χ2n) is 3.69. The van der Waals surface area contributed by atoms with Gasteiger partial charge in [0.1, 0.15) is 0 Å². The van der Waals surface area contributed by atoms with E-state index in [-0.39, 0.29) is 6.04 Å². The summed E-state index contributed by atoms with van der Waals surface area (Å²) in [5.74, 6) is 0. The van der Waals surface area contributed by atoms with Crippen LogP contribution in [0.4, 0.5) is 0 Å². The van der Waals surface area contributed by atoms with Crippen LogP contribution in [0.5, 0.6) is 0 Å². The molecule has 2 aromatic rings. The Morgan fingerprint density at radius 1 is 1.18 bits per heavy atom. The third-order valence-corrected chi connectivity index (χ3v) is 2.42. The van der Waals surface area contributed by atoms with Gasteiger partial charge in [-0.15, -0.1) is 0 Å². The molecule has 0 amide bonds. The summed E-state index contributed by atoms with van der Waals surface area (Å²) in [5, 5.41) is 11.1. The molecule has 0 saturated heterocycles. The van der Waals surface area contributed by atoms with Crippen LogP contribution in [-0.2, 0) is 0 Å². The smallest absolute Gasteiger partial charge is 0.0802 e. The van der Waals surface area contributed by atoms with E-state index in [0.29, 0.717) is 0 Å². The minimum absolute atomic E-state index is 0.0270. The normalized spacial score (nSPS) is 12.3. The zero-order chi connectivity index (χ0) is 11.9. The van der Waals surface area contributed by atoms with E-state index in [1.54, 1.807) is 31.0 Å². The highest BCUT2D eigenvalue weighted by Crippen LogP contribution is 2.17. The molecule has 0 saturated carbocycles. The van der Waals surface area contributed by atoms with Crippen molar-refractivity contribution in [1.82, 2.24) is 25.5 Å². The number of nitrogens with zero attached hydrogens (tertiary/aromatic N) is 4. The molecular weight excluding hydrogens is 214 g/mol. The Morgan fingerprint density at radius 3 is 2.76 bits per heavy atom. The van der Waals surface area contributed by atoms with Crippen LogP contribution in [0.3, 0.4) is 0 Å². The van der Waals surface area contributed by atoms with Gasteiger partial charge in [0.25, 0.3) is 0 Å². The summed E-state index contributed by atoms with van der Waals surface area (Å²) in [5.41, 5.74) is 1.95. The van der Waals surface area contributed by atoms with Gasteiger partial charge in [0.15, 0.2) is 0 Å². The average Bonchev–Trinajstić information content (AvgIpc) is 2.42. The topological polar surface area (TPSA) is 63.6 Å². The van der Waals surface area contributed by atoms with Crippen LogP contribution < -0.4 is 5.32 Å². The molecule has 1 atom stereocenters. The van der Waals surface area contributed by atoms with Crippen molar-refractivity contribution in [2.75, 3.05) is 6.54 Å². The van der Waals surface area contributed by atoms with Crippen molar-refractivity contribution >= 4 is 0 Å². The van der Waals surface area contributed by atoms with Gasteiger partial charge in [-0.2, -0.15) is 10.2 Å². The molecule has 0 bridgehead atoms. The molecular formula is C12H15N5. The fourth-order valence-corrected chi connectivity index (χ4v) is 1.61. The lowest BCUT2D eigenvalue weighted by molar-refractivity contribution is 0.581. The summed E-state index contributed by atoms with van der Waals surface area (Å²) in [6, 6.07) is 1.97. The van der Waals surface area contributed by atoms with Crippen LogP contribution in [0, 0.1) is 0 Å². The van der Waals surface area contributed by atoms with Crippen LogP contribution in [0.25, 0.3) is 0 Å². The van der Waals surface area contributed by atoms with E-state index in [2.05, 4.69) is 32.4 Å². The van der Waals surface area contributed by atoms with Gasteiger partial charge in [-0.05, 0) is 24.6 Å². The first-order chi connectivity index (χ1) is 8.42. The van der Waals surface area contributed by atoms with Crippen molar-refractivity contribution in [3.63, 3.8) is 0 Å². The van der Waals surface area contributed by atoms with Gasteiger partial charge in [0.05, 0.1) is 24.1 Å². The SMILES string of the molecule is CCCNC(c1ccnnc1)c1cnccn1. The van der Waals surface area contributed by atoms with E-state index in [9.17, 15) is 0 Å². The number of hydrogen-bond acceptors (Lipinski definition) is 5. The maximum Gasteiger partial charge on any atom is 0.0802 e. The van der Waals surface area contributed by atoms with Gasteiger partial charge in [-0.25, -0.2) is 0 Å². The highest BCUT2D eigenvalue weighted by Gasteiger charge is 2.14. The van der Waals surface area contributed by atoms with Crippen molar-refractivity contribution < 1.29 is 0 Å². The molecule has 2 heterocycles. The Bertz CT molecular complexity index is 392. The van der Waals surface area contributed by atoms with Crippen molar-refractivity contribution in [1.29, 1.82) is 0 Å². The van der Waals surface area contributed by atoms with Gasteiger partial charge in [0, 0.05) is 18.6 Å². The number of nitrogens with one attached hydrogen (secondary N) is 1. The minimum Gasteiger partial charge on any atom is -0.305 e. The Kier molecular flexibility index (Phi) is 4.10.